The summed E-state index contributed by atoms with van der Waals surface area (Å²) < 4.78 is 10.3. The Hall–Kier alpha value is -2.34. The van der Waals surface area contributed by atoms with Gasteiger partial charge in [-0.25, -0.2) is 9.97 Å². The van der Waals surface area contributed by atoms with Gasteiger partial charge in [0.1, 0.15) is 23.7 Å². The van der Waals surface area contributed by atoms with Gasteiger partial charge >= 0.3 is 0 Å². The predicted octanol–water partition coefficient (Wildman–Crippen LogP) is 2.20. The number of anilines is 2. The molecule has 2 aromatic rings. The summed E-state index contributed by atoms with van der Waals surface area (Å²) in [5.41, 5.74) is 1.17. The third-order valence-corrected chi connectivity index (χ3v) is 3.17. The lowest BCUT2D eigenvalue weighted by Crippen LogP contribution is -2.11. The molecule has 0 fully saturated rings. The van der Waals surface area contributed by atoms with Gasteiger partial charge < -0.3 is 20.1 Å². The van der Waals surface area contributed by atoms with Gasteiger partial charge in [-0.1, -0.05) is 18.2 Å². The zero-order chi connectivity index (χ0) is 15.6. The Morgan fingerprint density at radius 1 is 1.00 bits per heavy atom. The molecule has 6 nitrogen and oxygen atoms in total. The van der Waals surface area contributed by atoms with E-state index >= 15 is 0 Å². The van der Waals surface area contributed by atoms with Crippen molar-refractivity contribution in [1.82, 2.24) is 9.97 Å². The van der Waals surface area contributed by atoms with Crippen molar-refractivity contribution < 1.29 is 9.47 Å². The van der Waals surface area contributed by atoms with Crippen LogP contribution in [-0.4, -0.2) is 43.9 Å². The van der Waals surface area contributed by atoms with Gasteiger partial charge in [0.25, 0.3) is 0 Å². The van der Waals surface area contributed by atoms with Gasteiger partial charge in [-0.15, -0.1) is 0 Å². The van der Waals surface area contributed by atoms with Crippen LogP contribution in [0.25, 0.3) is 0 Å². The number of hydrogen-bond donors (Lipinski definition) is 2. The molecule has 0 atom stereocenters. The Labute approximate surface area is 130 Å². The molecular weight excluding hydrogens is 280 g/mol. The first-order valence-electron chi connectivity index (χ1n) is 7.24. The Kier molecular flexibility index (Phi) is 6.44. The number of para-hydroxylation sites is 1. The minimum atomic E-state index is 0.639. The van der Waals surface area contributed by atoms with E-state index in [0.29, 0.717) is 13.2 Å². The van der Waals surface area contributed by atoms with Crippen molar-refractivity contribution in [1.29, 1.82) is 0 Å². The summed E-state index contributed by atoms with van der Waals surface area (Å²) in [5.74, 6) is 2.49. The summed E-state index contributed by atoms with van der Waals surface area (Å²) >= 11 is 0. The highest BCUT2D eigenvalue weighted by atomic mass is 16.5. The molecule has 0 bridgehead atoms. The van der Waals surface area contributed by atoms with Crippen LogP contribution in [0, 0.1) is 0 Å². The Balaban J connectivity index is 1.85. The number of benzene rings is 1. The fourth-order valence-electron chi connectivity index (χ4n) is 2.07. The summed E-state index contributed by atoms with van der Waals surface area (Å²) in [6, 6.07) is 9.91. The largest absolute Gasteiger partial charge is 0.496 e. The van der Waals surface area contributed by atoms with E-state index in [-0.39, 0.29) is 0 Å². The molecule has 0 radical (unpaired) electrons. The normalized spacial score (nSPS) is 10.3. The lowest BCUT2D eigenvalue weighted by molar-refractivity contribution is 0.210. The Morgan fingerprint density at radius 2 is 1.73 bits per heavy atom. The molecule has 0 aliphatic heterocycles. The van der Waals surface area contributed by atoms with E-state index in [0.717, 1.165) is 30.4 Å². The number of methoxy groups -OCH3 is 2. The van der Waals surface area contributed by atoms with Crippen LogP contribution in [0.4, 0.5) is 11.6 Å². The summed E-state index contributed by atoms with van der Waals surface area (Å²) in [7, 11) is 3.36. The first-order chi connectivity index (χ1) is 10.8. The minimum Gasteiger partial charge on any atom is -0.496 e. The van der Waals surface area contributed by atoms with Crippen LogP contribution in [0.15, 0.2) is 36.7 Å². The van der Waals surface area contributed by atoms with Crippen LogP contribution < -0.4 is 15.4 Å². The topological polar surface area (TPSA) is 68.3 Å². The highest BCUT2D eigenvalue weighted by molar-refractivity contribution is 5.46. The van der Waals surface area contributed by atoms with Crippen molar-refractivity contribution in [2.75, 3.05) is 44.5 Å². The average Bonchev–Trinajstić information content (AvgIpc) is 2.56. The van der Waals surface area contributed by atoms with Crippen molar-refractivity contribution in [2.45, 2.75) is 6.42 Å². The Morgan fingerprint density at radius 3 is 2.45 bits per heavy atom. The first-order valence-corrected chi connectivity index (χ1v) is 7.24. The second-order valence-electron chi connectivity index (χ2n) is 4.70. The lowest BCUT2D eigenvalue weighted by atomic mass is 10.1. The number of nitrogens with one attached hydrogen (secondary N) is 2. The molecule has 2 rings (SSSR count). The van der Waals surface area contributed by atoms with Gasteiger partial charge in [-0.3, -0.25) is 0 Å². The second-order valence-corrected chi connectivity index (χ2v) is 4.70. The van der Waals surface area contributed by atoms with E-state index < -0.39 is 0 Å². The molecule has 0 aliphatic carbocycles. The summed E-state index contributed by atoms with van der Waals surface area (Å²) in [5, 5.41) is 6.47. The average molecular weight is 302 g/mol. The van der Waals surface area contributed by atoms with E-state index in [1.54, 1.807) is 20.5 Å². The van der Waals surface area contributed by atoms with Crippen LogP contribution >= 0.6 is 0 Å². The predicted molar refractivity (Wildman–Crippen MR) is 87.6 cm³/mol. The maximum atomic E-state index is 5.35. The summed E-state index contributed by atoms with van der Waals surface area (Å²) in [6.07, 6.45) is 2.40. The number of nitrogens with zero attached hydrogens (tertiary/aromatic N) is 2. The monoisotopic (exact) mass is 302 g/mol. The van der Waals surface area contributed by atoms with E-state index in [1.807, 2.05) is 24.3 Å². The van der Waals surface area contributed by atoms with Gasteiger partial charge in [0, 0.05) is 26.3 Å². The molecule has 2 N–H and O–H groups in total. The van der Waals surface area contributed by atoms with Crippen LogP contribution in [0.1, 0.15) is 5.56 Å². The fraction of sp³-hybridized carbons (Fsp3) is 0.375. The van der Waals surface area contributed by atoms with Crippen LogP contribution in [-0.2, 0) is 11.2 Å². The Bertz CT molecular complexity index is 578. The second kappa shape index (κ2) is 8.84. The zero-order valence-electron chi connectivity index (χ0n) is 13.0. The van der Waals surface area contributed by atoms with Gasteiger partial charge in [-0.05, 0) is 18.1 Å². The maximum Gasteiger partial charge on any atom is 0.131 e. The first kappa shape index (κ1) is 16.0. The molecule has 1 heterocycles. The standard InChI is InChI=1S/C16H22N4O2/c1-21-10-9-18-16-11-15(19-12-20-16)17-8-7-13-5-3-4-6-14(13)22-2/h3-6,11-12H,7-10H2,1-2H3,(H2,17,18,19,20). The number of ether oxygens (including phenoxy) is 2. The quantitative estimate of drug-likeness (QED) is 0.692. The summed E-state index contributed by atoms with van der Waals surface area (Å²) in [4.78, 5) is 8.38. The molecule has 0 unspecified atom stereocenters. The van der Waals surface area contributed by atoms with Crippen molar-refractivity contribution in [3.63, 3.8) is 0 Å². The summed E-state index contributed by atoms with van der Waals surface area (Å²) in [6.45, 7) is 2.13. The highest BCUT2D eigenvalue weighted by Gasteiger charge is 2.02. The zero-order valence-corrected chi connectivity index (χ0v) is 13.0. The lowest BCUT2D eigenvalue weighted by Gasteiger charge is -2.10. The van der Waals surface area contributed by atoms with E-state index in [2.05, 4.69) is 26.7 Å². The fourth-order valence-corrected chi connectivity index (χ4v) is 2.07. The highest BCUT2D eigenvalue weighted by Crippen LogP contribution is 2.18. The molecule has 1 aromatic carbocycles. The molecule has 1 aromatic heterocycles. The number of rotatable bonds is 9. The van der Waals surface area contributed by atoms with Gasteiger partial charge in [0.15, 0.2) is 0 Å². The molecule has 0 saturated carbocycles. The molecule has 0 aliphatic rings. The molecule has 0 spiro atoms. The van der Waals surface area contributed by atoms with Crippen LogP contribution in [0.3, 0.4) is 0 Å². The molecule has 0 saturated heterocycles. The van der Waals surface area contributed by atoms with Crippen molar-refractivity contribution in [2.24, 2.45) is 0 Å². The van der Waals surface area contributed by atoms with Crippen molar-refractivity contribution in [3.05, 3.63) is 42.2 Å². The third-order valence-electron chi connectivity index (χ3n) is 3.17. The number of aromatic nitrogens is 2. The molecule has 22 heavy (non-hydrogen) atoms. The van der Waals surface area contributed by atoms with E-state index in [9.17, 15) is 0 Å². The van der Waals surface area contributed by atoms with Crippen molar-refractivity contribution in [3.8, 4) is 5.75 Å². The SMILES string of the molecule is COCCNc1cc(NCCc2ccccc2OC)ncn1. The van der Waals surface area contributed by atoms with Crippen LogP contribution in [0.2, 0.25) is 0 Å². The van der Waals surface area contributed by atoms with Crippen molar-refractivity contribution >= 4 is 11.6 Å². The van der Waals surface area contributed by atoms with Crippen LogP contribution in [0.5, 0.6) is 5.75 Å². The number of hydrogen-bond acceptors (Lipinski definition) is 6. The minimum absolute atomic E-state index is 0.639. The molecular formula is C16H22N4O2. The van der Waals surface area contributed by atoms with Gasteiger partial charge in [-0.2, -0.15) is 0 Å². The van der Waals surface area contributed by atoms with E-state index in [4.69, 9.17) is 9.47 Å². The maximum absolute atomic E-state index is 5.35. The van der Waals surface area contributed by atoms with Gasteiger partial charge in [0.05, 0.1) is 13.7 Å². The molecule has 0 amide bonds. The smallest absolute Gasteiger partial charge is 0.131 e. The molecule has 6 heteroatoms. The van der Waals surface area contributed by atoms with Gasteiger partial charge in [0.2, 0.25) is 0 Å². The third kappa shape index (κ3) is 4.89. The molecule has 118 valence electrons. The van der Waals surface area contributed by atoms with E-state index in [1.165, 1.54) is 5.56 Å².